The van der Waals surface area contributed by atoms with Crippen LogP contribution in [0.15, 0.2) is 10.5 Å². The van der Waals surface area contributed by atoms with Crippen molar-refractivity contribution < 1.29 is 9.21 Å². The summed E-state index contributed by atoms with van der Waals surface area (Å²) in [5.74, 6) is 1.39. The number of nitrogens with one attached hydrogen (secondary N) is 1. The van der Waals surface area contributed by atoms with Crippen LogP contribution in [0.25, 0.3) is 0 Å². The van der Waals surface area contributed by atoms with Gasteiger partial charge in [-0.25, -0.2) is 0 Å². The zero-order valence-corrected chi connectivity index (χ0v) is 11.6. The summed E-state index contributed by atoms with van der Waals surface area (Å²) < 4.78 is 5.44. The van der Waals surface area contributed by atoms with Gasteiger partial charge in [0.1, 0.15) is 16.9 Å². The van der Waals surface area contributed by atoms with Crippen LogP contribution in [0.2, 0.25) is 0 Å². The topological polar surface area (TPSA) is 66.0 Å². The average Bonchev–Trinajstić information content (AvgIpc) is 2.67. The van der Waals surface area contributed by atoms with Crippen LogP contribution in [-0.4, -0.2) is 5.91 Å². The van der Waals surface area contributed by atoms with Crippen molar-refractivity contribution >= 4 is 5.91 Å². The number of hydrogen-bond acceptors (Lipinski definition) is 3. The lowest BCUT2D eigenvalue weighted by molar-refractivity contribution is -0.128. The van der Waals surface area contributed by atoms with Crippen LogP contribution in [0.1, 0.15) is 50.3 Å². The molecule has 0 radical (unpaired) electrons. The van der Waals surface area contributed by atoms with Crippen molar-refractivity contribution in [3.05, 3.63) is 23.2 Å². The third-order valence-corrected chi connectivity index (χ3v) is 3.35. The van der Waals surface area contributed by atoms with E-state index in [4.69, 9.17) is 9.68 Å². The molecule has 0 aliphatic heterocycles. The van der Waals surface area contributed by atoms with Crippen molar-refractivity contribution in [1.82, 2.24) is 5.32 Å². The maximum atomic E-state index is 12.1. The summed E-state index contributed by atoms with van der Waals surface area (Å²) >= 11 is 0. The molecule has 1 heterocycles. The molecule has 1 rings (SSSR count). The van der Waals surface area contributed by atoms with Crippen molar-refractivity contribution in [2.24, 2.45) is 5.41 Å². The molecule has 0 spiro atoms. The highest BCUT2D eigenvalue weighted by atomic mass is 16.3. The van der Waals surface area contributed by atoms with Gasteiger partial charge in [0, 0.05) is 5.56 Å². The maximum Gasteiger partial charge on any atom is 0.240 e. The van der Waals surface area contributed by atoms with Gasteiger partial charge in [0.05, 0.1) is 12.1 Å². The lowest BCUT2D eigenvalue weighted by atomic mass is 9.88. The summed E-state index contributed by atoms with van der Waals surface area (Å²) in [6.07, 6.45) is 0.492. The van der Waals surface area contributed by atoms with E-state index in [9.17, 15) is 4.79 Å². The fourth-order valence-corrected chi connectivity index (χ4v) is 1.80. The second-order valence-corrected chi connectivity index (χ2v) is 4.86. The van der Waals surface area contributed by atoms with Gasteiger partial charge in [0.25, 0.3) is 0 Å². The number of amides is 1. The minimum atomic E-state index is -0.971. The zero-order valence-electron chi connectivity index (χ0n) is 11.6. The summed E-state index contributed by atoms with van der Waals surface area (Å²) in [5, 5.41) is 11.9. The molecule has 1 amide bonds. The van der Waals surface area contributed by atoms with E-state index in [2.05, 4.69) is 11.4 Å². The monoisotopic (exact) mass is 248 g/mol. The molecule has 1 aromatic heterocycles. The number of nitriles is 1. The fraction of sp³-hybridized carbons (Fsp3) is 0.571. The van der Waals surface area contributed by atoms with Crippen molar-refractivity contribution in [2.45, 2.75) is 47.1 Å². The van der Waals surface area contributed by atoms with E-state index in [0.717, 1.165) is 17.1 Å². The largest absolute Gasteiger partial charge is 0.466 e. The Morgan fingerprint density at radius 3 is 2.61 bits per heavy atom. The van der Waals surface area contributed by atoms with E-state index in [-0.39, 0.29) is 11.9 Å². The minimum absolute atomic E-state index is 0.158. The molecule has 0 aromatic carbocycles. The first-order valence-corrected chi connectivity index (χ1v) is 6.13. The van der Waals surface area contributed by atoms with E-state index in [1.165, 1.54) is 0 Å². The van der Waals surface area contributed by atoms with Crippen LogP contribution >= 0.6 is 0 Å². The number of furan rings is 1. The van der Waals surface area contributed by atoms with Crippen LogP contribution in [0, 0.1) is 30.6 Å². The molecule has 0 fully saturated rings. The SMILES string of the molecule is CCC(C)(C#N)C(=O)NC(C)c1cc(C)oc1C. The number of hydrogen-bond donors (Lipinski definition) is 1. The van der Waals surface area contributed by atoms with E-state index < -0.39 is 5.41 Å². The van der Waals surface area contributed by atoms with Gasteiger partial charge in [-0.15, -0.1) is 0 Å². The van der Waals surface area contributed by atoms with E-state index in [0.29, 0.717) is 6.42 Å². The van der Waals surface area contributed by atoms with Crippen LogP contribution < -0.4 is 5.32 Å². The van der Waals surface area contributed by atoms with Gasteiger partial charge in [0.2, 0.25) is 5.91 Å². The Hall–Kier alpha value is -1.76. The average molecular weight is 248 g/mol. The molecular weight excluding hydrogens is 228 g/mol. The molecule has 98 valence electrons. The second-order valence-electron chi connectivity index (χ2n) is 4.86. The third-order valence-electron chi connectivity index (χ3n) is 3.35. The van der Waals surface area contributed by atoms with Crippen LogP contribution in [0.3, 0.4) is 0 Å². The maximum absolute atomic E-state index is 12.1. The summed E-state index contributed by atoms with van der Waals surface area (Å²) in [6.45, 7) is 9.12. The smallest absolute Gasteiger partial charge is 0.240 e. The third kappa shape index (κ3) is 2.73. The molecule has 4 nitrogen and oxygen atoms in total. The molecule has 2 unspecified atom stereocenters. The molecule has 0 aliphatic carbocycles. The summed E-state index contributed by atoms with van der Waals surface area (Å²) in [4.78, 5) is 12.1. The van der Waals surface area contributed by atoms with Crippen molar-refractivity contribution in [3.63, 3.8) is 0 Å². The highest BCUT2D eigenvalue weighted by Gasteiger charge is 2.32. The quantitative estimate of drug-likeness (QED) is 0.890. The Labute approximate surface area is 108 Å². The number of rotatable bonds is 4. The first-order valence-electron chi connectivity index (χ1n) is 6.13. The van der Waals surface area contributed by atoms with E-state index in [1.807, 2.05) is 33.8 Å². The molecule has 2 atom stereocenters. The Morgan fingerprint density at radius 2 is 2.22 bits per heavy atom. The highest BCUT2D eigenvalue weighted by Crippen LogP contribution is 2.25. The Balaban J connectivity index is 2.83. The van der Waals surface area contributed by atoms with Gasteiger partial charge in [-0.2, -0.15) is 5.26 Å². The van der Waals surface area contributed by atoms with Crippen LogP contribution in [0.4, 0.5) is 0 Å². The first kappa shape index (κ1) is 14.3. The number of nitrogens with zero attached hydrogens (tertiary/aromatic N) is 1. The Kier molecular flexibility index (Phi) is 4.18. The standard InChI is InChI=1S/C14H20N2O2/c1-6-14(5,8-15)13(17)16-10(3)12-7-9(2)18-11(12)4/h7,10H,6H2,1-5H3,(H,16,17). The van der Waals surface area contributed by atoms with Crippen LogP contribution in [-0.2, 0) is 4.79 Å². The van der Waals surface area contributed by atoms with Crippen molar-refractivity contribution in [1.29, 1.82) is 5.26 Å². The van der Waals surface area contributed by atoms with Crippen LogP contribution in [0.5, 0.6) is 0 Å². The molecule has 0 bridgehead atoms. The minimum Gasteiger partial charge on any atom is -0.466 e. The van der Waals surface area contributed by atoms with Gasteiger partial charge in [-0.1, -0.05) is 6.92 Å². The summed E-state index contributed by atoms with van der Waals surface area (Å²) in [6, 6.07) is 3.82. The molecule has 18 heavy (non-hydrogen) atoms. The van der Waals surface area contributed by atoms with Gasteiger partial charge < -0.3 is 9.73 Å². The van der Waals surface area contributed by atoms with Gasteiger partial charge in [-0.05, 0) is 40.2 Å². The molecule has 1 N–H and O–H groups in total. The zero-order chi connectivity index (χ0) is 13.9. The van der Waals surface area contributed by atoms with Gasteiger partial charge in [0.15, 0.2) is 0 Å². The van der Waals surface area contributed by atoms with Gasteiger partial charge in [-0.3, -0.25) is 4.79 Å². The lowest BCUT2D eigenvalue weighted by Gasteiger charge is -2.22. The molecule has 0 saturated carbocycles. The Bertz CT molecular complexity index is 484. The lowest BCUT2D eigenvalue weighted by Crippen LogP contribution is -2.39. The molecule has 0 saturated heterocycles. The predicted octanol–water partition coefficient (Wildman–Crippen LogP) is 3.01. The van der Waals surface area contributed by atoms with Gasteiger partial charge >= 0.3 is 0 Å². The van der Waals surface area contributed by atoms with E-state index >= 15 is 0 Å². The second kappa shape index (κ2) is 5.26. The number of carbonyl (C=O) groups excluding carboxylic acids is 1. The predicted molar refractivity (Wildman–Crippen MR) is 68.8 cm³/mol. The molecule has 1 aromatic rings. The highest BCUT2D eigenvalue weighted by molar-refractivity contribution is 5.85. The Morgan fingerprint density at radius 1 is 1.61 bits per heavy atom. The first-order chi connectivity index (χ1) is 8.34. The molecule has 0 aliphatic rings. The summed E-state index contributed by atoms with van der Waals surface area (Å²) in [5.41, 5.74) is -0.0155. The summed E-state index contributed by atoms with van der Waals surface area (Å²) in [7, 11) is 0. The van der Waals surface area contributed by atoms with Crippen molar-refractivity contribution in [2.75, 3.05) is 0 Å². The molecule has 4 heteroatoms. The number of carbonyl (C=O) groups is 1. The van der Waals surface area contributed by atoms with E-state index in [1.54, 1.807) is 6.92 Å². The number of aryl methyl sites for hydroxylation is 2. The van der Waals surface area contributed by atoms with Crippen molar-refractivity contribution in [3.8, 4) is 6.07 Å². The fourth-order valence-electron chi connectivity index (χ4n) is 1.80. The normalized spacial score (nSPS) is 15.6. The molecular formula is C14H20N2O2.